The Kier molecular flexibility index (Phi) is 7.50. The summed E-state index contributed by atoms with van der Waals surface area (Å²) in [6.45, 7) is 3.10. The SMILES string of the molecule is Cc1ccc(S(=O)(=O)NCCC(=O)OC(C)C(=O)Nc2ccc(Cl)cn2)cc1. The van der Waals surface area contributed by atoms with E-state index in [0.29, 0.717) is 5.02 Å². The summed E-state index contributed by atoms with van der Waals surface area (Å²) >= 11 is 5.71. The van der Waals surface area contributed by atoms with Gasteiger partial charge in [-0.15, -0.1) is 0 Å². The minimum absolute atomic E-state index is 0.106. The Morgan fingerprint density at radius 1 is 1.18 bits per heavy atom. The maximum Gasteiger partial charge on any atom is 0.307 e. The van der Waals surface area contributed by atoms with E-state index in [2.05, 4.69) is 15.0 Å². The molecule has 0 fully saturated rings. The number of carbonyl (C=O) groups excluding carboxylic acids is 2. The summed E-state index contributed by atoms with van der Waals surface area (Å²) < 4.78 is 31.6. The Morgan fingerprint density at radius 2 is 1.86 bits per heavy atom. The predicted octanol–water partition coefficient (Wildman–Crippen LogP) is 2.28. The van der Waals surface area contributed by atoms with Gasteiger partial charge in [0.05, 0.1) is 16.3 Å². The number of amides is 1. The molecule has 1 heterocycles. The first-order valence-corrected chi connectivity index (χ1v) is 10.2. The minimum Gasteiger partial charge on any atom is -0.452 e. The van der Waals surface area contributed by atoms with Crippen LogP contribution >= 0.6 is 11.6 Å². The molecule has 1 atom stereocenters. The second-order valence-corrected chi connectivity index (χ2v) is 8.15. The highest BCUT2D eigenvalue weighted by Crippen LogP contribution is 2.11. The van der Waals surface area contributed by atoms with Gasteiger partial charge in [0, 0.05) is 12.7 Å². The summed E-state index contributed by atoms with van der Waals surface area (Å²) in [5, 5.41) is 2.91. The van der Waals surface area contributed by atoms with E-state index in [0.717, 1.165) is 5.56 Å². The van der Waals surface area contributed by atoms with Crippen LogP contribution in [0.2, 0.25) is 5.02 Å². The number of rotatable bonds is 8. The van der Waals surface area contributed by atoms with Gasteiger partial charge < -0.3 is 10.1 Å². The molecule has 0 spiro atoms. The molecular weight excluding hydrogens is 406 g/mol. The molecule has 1 amide bonds. The van der Waals surface area contributed by atoms with E-state index in [9.17, 15) is 18.0 Å². The number of sulfonamides is 1. The fraction of sp³-hybridized carbons (Fsp3) is 0.278. The van der Waals surface area contributed by atoms with Crippen LogP contribution in [0.15, 0.2) is 47.5 Å². The average Bonchev–Trinajstić information content (AvgIpc) is 2.63. The molecule has 28 heavy (non-hydrogen) atoms. The Hall–Kier alpha value is -2.49. The van der Waals surface area contributed by atoms with Crippen LogP contribution in [0.5, 0.6) is 0 Å². The zero-order valence-corrected chi connectivity index (χ0v) is 16.9. The highest BCUT2D eigenvalue weighted by molar-refractivity contribution is 7.89. The number of aryl methyl sites for hydroxylation is 1. The van der Waals surface area contributed by atoms with Gasteiger partial charge in [-0.25, -0.2) is 18.1 Å². The molecule has 0 saturated heterocycles. The van der Waals surface area contributed by atoms with Gasteiger partial charge in [-0.1, -0.05) is 29.3 Å². The van der Waals surface area contributed by atoms with Crippen molar-refractivity contribution in [1.82, 2.24) is 9.71 Å². The summed E-state index contributed by atoms with van der Waals surface area (Å²) in [5.74, 6) is -1.01. The Bertz CT molecular complexity index is 931. The molecule has 2 rings (SSSR count). The monoisotopic (exact) mass is 425 g/mol. The number of hydrogen-bond acceptors (Lipinski definition) is 6. The Balaban J connectivity index is 1.78. The lowest BCUT2D eigenvalue weighted by atomic mass is 10.2. The van der Waals surface area contributed by atoms with Crippen molar-refractivity contribution in [3.63, 3.8) is 0 Å². The van der Waals surface area contributed by atoms with E-state index >= 15 is 0 Å². The van der Waals surface area contributed by atoms with Crippen molar-refractivity contribution in [2.45, 2.75) is 31.3 Å². The molecular formula is C18H20ClN3O5S. The van der Waals surface area contributed by atoms with Crippen LogP contribution < -0.4 is 10.0 Å². The van der Waals surface area contributed by atoms with Gasteiger partial charge in [-0.3, -0.25) is 9.59 Å². The van der Waals surface area contributed by atoms with Crippen molar-refractivity contribution in [3.8, 4) is 0 Å². The van der Waals surface area contributed by atoms with Gasteiger partial charge in [-0.2, -0.15) is 0 Å². The van der Waals surface area contributed by atoms with Gasteiger partial charge >= 0.3 is 5.97 Å². The number of esters is 1. The second kappa shape index (κ2) is 9.63. The van der Waals surface area contributed by atoms with Crippen molar-refractivity contribution in [2.75, 3.05) is 11.9 Å². The number of anilines is 1. The quantitative estimate of drug-likeness (QED) is 0.627. The fourth-order valence-electron chi connectivity index (χ4n) is 2.08. The van der Waals surface area contributed by atoms with Crippen LogP contribution in [-0.2, 0) is 24.3 Å². The number of ether oxygens (including phenoxy) is 1. The van der Waals surface area contributed by atoms with Gasteiger partial charge in [0.1, 0.15) is 5.82 Å². The summed E-state index contributed by atoms with van der Waals surface area (Å²) in [7, 11) is -3.72. The lowest BCUT2D eigenvalue weighted by Crippen LogP contribution is -2.32. The molecule has 0 saturated carbocycles. The molecule has 0 aliphatic carbocycles. The Labute approximate surface area is 168 Å². The number of nitrogens with zero attached hydrogens (tertiary/aromatic N) is 1. The molecule has 2 N–H and O–H groups in total. The van der Waals surface area contributed by atoms with Gasteiger partial charge in [0.15, 0.2) is 6.10 Å². The summed E-state index contributed by atoms with van der Waals surface area (Å²) in [5.41, 5.74) is 0.934. The zero-order chi connectivity index (χ0) is 20.7. The standard InChI is InChI=1S/C18H20ClN3O5S/c1-12-3-6-15(7-4-12)28(25,26)21-10-9-17(23)27-13(2)18(24)22-16-8-5-14(19)11-20-16/h3-8,11,13,21H,9-10H2,1-2H3,(H,20,22,24). The number of carbonyl (C=O) groups is 2. The van der Waals surface area contributed by atoms with Crippen molar-refractivity contribution in [2.24, 2.45) is 0 Å². The number of hydrogen-bond donors (Lipinski definition) is 2. The Morgan fingerprint density at radius 3 is 2.46 bits per heavy atom. The lowest BCUT2D eigenvalue weighted by molar-refractivity contribution is -0.152. The van der Waals surface area contributed by atoms with E-state index in [4.69, 9.17) is 16.3 Å². The molecule has 0 bridgehead atoms. The molecule has 10 heteroatoms. The van der Waals surface area contributed by atoms with Crippen LogP contribution in [-0.4, -0.2) is 37.9 Å². The molecule has 2 aromatic rings. The van der Waals surface area contributed by atoms with E-state index in [1.54, 1.807) is 18.2 Å². The van der Waals surface area contributed by atoms with Crippen LogP contribution in [0.1, 0.15) is 18.9 Å². The first-order valence-electron chi connectivity index (χ1n) is 8.35. The summed E-state index contributed by atoms with van der Waals surface area (Å²) in [6, 6.07) is 9.38. The van der Waals surface area contributed by atoms with E-state index < -0.39 is 28.0 Å². The summed E-state index contributed by atoms with van der Waals surface area (Å²) in [6.07, 6.45) is 0.0781. The highest BCUT2D eigenvalue weighted by atomic mass is 35.5. The van der Waals surface area contributed by atoms with Crippen molar-refractivity contribution in [1.29, 1.82) is 0 Å². The van der Waals surface area contributed by atoms with E-state index in [-0.39, 0.29) is 23.7 Å². The first-order chi connectivity index (χ1) is 13.2. The fourth-order valence-corrected chi connectivity index (χ4v) is 3.22. The summed E-state index contributed by atoms with van der Waals surface area (Å²) in [4.78, 5) is 27.9. The highest BCUT2D eigenvalue weighted by Gasteiger charge is 2.19. The zero-order valence-electron chi connectivity index (χ0n) is 15.3. The van der Waals surface area contributed by atoms with Crippen LogP contribution in [0, 0.1) is 6.92 Å². The predicted molar refractivity (Wildman–Crippen MR) is 104 cm³/mol. The molecule has 0 aliphatic heterocycles. The lowest BCUT2D eigenvalue weighted by Gasteiger charge is -2.13. The number of halogens is 1. The van der Waals surface area contributed by atoms with Crippen LogP contribution in [0.3, 0.4) is 0 Å². The topological polar surface area (TPSA) is 114 Å². The smallest absolute Gasteiger partial charge is 0.307 e. The van der Waals surface area contributed by atoms with E-state index in [1.165, 1.54) is 31.3 Å². The van der Waals surface area contributed by atoms with Gasteiger partial charge in [-0.05, 0) is 38.1 Å². The van der Waals surface area contributed by atoms with Crippen LogP contribution in [0.25, 0.3) is 0 Å². The third-order valence-corrected chi connectivity index (χ3v) is 5.31. The number of benzene rings is 1. The maximum atomic E-state index is 12.1. The molecule has 1 aromatic heterocycles. The second-order valence-electron chi connectivity index (χ2n) is 5.94. The van der Waals surface area contributed by atoms with E-state index in [1.807, 2.05) is 6.92 Å². The van der Waals surface area contributed by atoms with Crippen molar-refractivity contribution in [3.05, 3.63) is 53.2 Å². The van der Waals surface area contributed by atoms with Crippen molar-refractivity contribution < 1.29 is 22.7 Å². The minimum atomic E-state index is -3.72. The third-order valence-electron chi connectivity index (χ3n) is 3.61. The first kappa shape index (κ1) is 21.8. The normalized spacial score (nSPS) is 12.2. The van der Waals surface area contributed by atoms with Crippen LogP contribution in [0.4, 0.5) is 5.82 Å². The molecule has 1 unspecified atom stereocenters. The largest absolute Gasteiger partial charge is 0.452 e. The molecule has 1 aromatic carbocycles. The number of nitrogens with one attached hydrogen (secondary N) is 2. The van der Waals surface area contributed by atoms with Gasteiger partial charge in [0.2, 0.25) is 10.0 Å². The maximum absolute atomic E-state index is 12.1. The molecule has 8 nitrogen and oxygen atoms in total. The van der Waals surface area contributed by atoms with Crippen molar-refractivity contribution >= 4 is 39.3 Å². The third kappa shape index (κ3) is 6.59. The molecule has 0 aliphatic rings. The number of pyridine rings is 1. The molecule has 150 valence electrons. The number of aromatic nitrogens is 1. The molecule has 0 radical (unpaired) electrons. The van der Waals surface area contributed by atoms with Gasteiger partial charge in [0.25, 0.3) is 5.91 Å². The average molecular weight is 426 g/mol.